The van der Waals surface area contributed by atoms with E-state index in [0.29, 0.717) is 0 Å². The second kappa shape index (κ2) is 4.85. The van der Waals surface area contributed by atoms with Crippen LogP contribution in [0, 0.1) is 0 Å². The Morgan fingerprint density at radius 1 is 1.38 bits per heavy atom. The Bertz CT molecular complexity index is 435. The summed E-state index contributed by atoms with van der Waals surface area (Å²) in [6.07, 6.45) is 6.41. The lowest BCUT2D eigenvalue weighted by atomic mass is 10.2. The Labute approximate surface area is 94.3 Å². The summed E-state index contributed by atoms with van der Waals surface area (Å²) in [4.78, 5) is 3.98. The van der Waals surface area contributed by atoms with Crippen molar-refractivity contribution in [1.82, 2.24) is 20.0 Å². The lowest BCUT2D eigenvalue weighted by Gasteiger charge is -2.00. The van der Waals surface area contributed by atoms with Crippen LogP contribution in [0.4, 0.5) is 0 Å². The van der Waals surface area contributed by atoms with Crippen LogP contribution in [0.2, 0.25) is 0 Å². The number of hydrogen-bond acceptors (Lipinski definition) is 4. The molecule has 84 valence electrons. The fraction of sp³-hybridized carbons (Fsp3) is 0.364. The first-order valence-corrected chi connectivity index (χ1v) is 5.30. The number of aromatic nitrogens is 4. The molecule has 5 heteroatoms. The molecule has 1 unspecified atom stereocenters. The molecule has 16 heavy (non-hydrogen) atoms. The average molecular weight is 217 g/mol. The molecule has 0 saturated carbocycles. The molecule has 0 bridgehead atoms. The number of rotatable bonds is 4. The summed E-state index contributed by atoms with van der Waals surface area (Å²) in [5.41, 5.74) is 7.78. The third kappa shape index (κ3) is 2.64. The maximum Gasteiger partial charge on any atom is 0.0991 e. The van der Waals surface area contributed by atoms with E-state index in [9.17, 15) is 0 Å². The molecule has 0 aliphatic carbocycles. The SMILES string of the molecule is CC(N)c1cn(CCc2ccncc2)nn1. The van der Waals surface area contributed by atoms with Gasteiger partial charge in [0.05, 0.1) is 11.9 Å². The van der Waals surface area contributed by atoms with Gasteiger partial charge in [-0.2, -0.15) is 0 Å². The molecule has 2 aromatic heterocycles. The number of nitrogens with zero attached hydrogens (tertiary/aromatic N) is 4. The minimum Gasteiger partial charge on any atom is -0.323 e. The number of nitrogens with two attached hydrogens (primary N) is 1. The largest absolute Gasteiger partial charge is 0.323 e. The van der Waals surface area contributed by atoms with Crippen molar-refractivity contribution in [1.29, 1.82) is 0 Å². The molecule has 0 aromatic carbocycles. The summed E-state index contributed by atoms with van der Waals surface area (Å²) in [6, 6.07) is 3.95. The first-order valence-electron chi connectivity index (χ1n) is 5.30. The molecule has 0 aliphatic rings. The third-order valence-electron chi connectivity index (χ3n) is 2.40. The zero-order chi connectivity index (χ0) is 11.4. The van der Waals surface area contributed by atoms with Gasteiger partial charge in [-0.3, -0.25) is 9.67 Å². The predicted octanol–water partition coefficient (Wildman–Crippen LogP) is 0.936. The zero-order valence-corrected chi connectivity index (χ0v) is 9.24. The summed E-state index contributed by atoms with van der Waals surface area (Å²) in [5.74, 6) is 0. The van der Waals surface area contributed by atoms with E-state index in [1.807, 2.05) is 29.9 Å². The molecule has 0 spiro atoms. The highest BCUT2D eigenvalue weighted by Gasteiger charge is 2.04. The van der Waals surface area contributed by atoms with Crippen LogP contribution in [0.25, 0.3) is 0 Å². The Morgan fingerprint density at radius 3 is 2.75 bits per heavy atom. The number of hydrogen-bond donors (Lipinski definition) is 1. The fourth-order valence-electron chi connectivity index (χ4n) is 1.42. The highest BCUT2D eigenvalue weighted by atomic mass is 15.4. The van der Waals surface area contributed by atoms with Gasteiger partial charge >= 0.3 is 0 Å². The van der Waals surface area contributed by atoms with Crippen molar-refractivity contribution in [2.75, 3.05) is 0 Å². The van der Waals surface area contributed by atoms with Gasteiger partial charge in [0.25, 0.3) is 0 Å². The average Bonchev–Trinajstić information content (AvgIpc) is 2.76. The second-order valence-electron chi connectivity index (χ2n) is 3.80. The summed E-state index contributed by atoms with van der Waals surface area (Å²) in [6.45, 7) is 2.71. The predicted molar refractivity (Wildman–Crippen MR) is 60.6 cm³/mol. The lowest BCUT2D eigenvalue weighted by Crippen LogP contribution is -2.05. The summed E-state index contributed by atoms with van der Waals surface area (Å²) in [5, 5.41) is 8.03. The molecular weight excluding hydrogens is 202 g/mol. The van der Waals surface area contributed by atoms with Crippen LogP contribution in [0.5, 0.6) is 0 Å². The number of pyridine rings is 1. The van der Waals surface area contributed by atoms with Crippen molar-refractivity contribution in [2.45, 2.75) is 25.9 Å². The Balaban J connectivity index is 1.95. The van der Waals surface area contributed by atoms with Crippen LogP contribution < -0.4 is 5.73 Å². The van der Waals surface area contributed by atoms with Gasteiger partial charge in [-0.05, 0) is 31.0 Å². The second-order valence-corrected chi connectivity index (χ2v) is 3.80. The van der Waals surface area contributed by atoms with Crippen LogP contribution in [-0.4, -0.2) is 20.0 Å². The third-order valence-corrected chi connectivity index (χ3v) is 2.40. The van der Waals surface area contributed by atoms with E-state index in [1.54, 1.807) is 12.4 Å². The van der Waals surface area contributed by atoms with Gasteiger partial charge in [0, 0.05) is 25.0 Å². The molecule has 2 rings (SSSR count). The van der Waals surface area contributed by atoms with Crippen molar-refractivity contribution in [3.8, 4) is 0 Å². The van der Waals surface area contributed by atoms with E-state index >= 15 is 0 Å². The molecule has 0 amide bonds. The monoisotopic (exact) mass is 217 g/mol. The molecular formula is C11H15N5. The first kappa shape index (κ1) is 10.8. The van der Waals surface area contributed by atoms with E-state index in [0.717, 1.165) is 18.7 Å². The molecule has 5 nitrogen and oxygen atoms in total. The normalized spacial score (nSPS) is 12.6. The highest BCUT2D eigenvalue weighted by Crippen LogP contribution is 2.05. The van der Waals surface area contributed by atoms with E-state index in [2.05, 4.69) is 15.3 Å². The van der Waals surface area contributed by atoms with Crippen LogP contribution in [-0.2, 0) is 13.0 Å². The standard InChI is InChI=1S/C11H15N5/c1-9(12)11-8-16(15-14-11)7-4-10-2-5-13-6-3-10/h2-3,5-6,8-9H,4,7,12H2,1H3. The van der Waals surface area contributed by atoms with Gasteiger partial charge in [0.1, 0.15) is 0 Å². The van der Waals surface area contributed by atoms with E-state index in [1.165, 1.54) is 5.56 Å². The van der Waals surface area contributed by atoms with Crippen molar-refractivity contribution in [3.63, 3.8) is 0 Å². The topological polar surface area (TPSA) is 69.6 Å². The molecule has 2 aromatic rings. The van der Waals surface area contributed by atoms with Gasteiger partial charge < -0.3 is 5.73 Å². The molecule has 0 saturated heterocycles. The molecule has 0 fully saturated rings. The summed E-state index contributed by atoms with van der Waals surface area (Å²) in [7, 11) is 0. The maximum atomic E-state index is 5.71. The Hall–Kier alpha value is -1.75. The lowest BCUT2D eigenvalue weighted by molar-refractivity contribution is 0.588. The van der Waals surface area contributed by atoms with E-state index < -0.39 is 0 Å². The van der Waals surface area contributed by atoms with Crippen molar-refractivity contribution in [3.05, 3.63) is 42.0 Å². The fourth-order valence-corrected chi connectivity index (χ4v) is 1.42. The van der Waals surface area contributed by atoms with E-state index in [4.69, 9.17) is 5.73 Å². The zero-order valence-electron chi connectivity index (χ0n) is 9.24. The van der Waals surface area contributed by atoms with Crippen LogP contribution in [0.1, 0.15) is 24.2 Å². The van der Waals surface area contributed by atoms with Gasteiger partial charge in [-0.25, -0.2) is 0 Å². The minimum atomic E-state index is -0.0605. The summed E-state index contributed by atoms with van der Waals surface area (Å²) >= 11 is 0. The highest BCUT2D eigenvalue weighted by molar-refractivity contribution is 5.09. The Morgan fingerprint density at radius 2 is 2.12 bits per heavy atom. The van der Waals surface area contributed by atoms with Gasteiger partial charge in [0.15, 0.2) is 0 Å². The van der Waals surface area contributed by atoms with Crippen molar-refractivity contribution < 1.29 is 0 Å². The van der Waals surface area contributed by atoms with Gasteiger partial charge in [-0.1, -0.05) is 5.21 Å². The molecule has 2 heterocycles. The van der Waals surface area contributed by atoms with Gasteiger partial charge in [-0.15, -0.1) is 5.10 Å². The van der Waals surface area contributed by atoms with Crippen LogP contribution in [0.15, 0.2) is 30.7 Å². The summed E-state index contributed by atoms with van der Waals surface area (Å²) < 4.78 is 1.82. The smallest absolute Gasteiger partial charge is 0.0991 e. The molecule has 0 radical (unpaired) electrons. The molecule has 2 N–H and O–H groups in total. The van der Waals surface area contributed by atoms with E-state index in [-0.39, 0.29) is 6.04 Å². The number of aryl methyl sites for hydroxylation is 2. The molecule has 0 aliphatic heterocycles. The van der Waals surface area contributed by atoms with Gasteiger partial charge in [0.2, 0.25) is 0 Å². The van der Waals surface area contributed by atoms with Crippen molar-refractivity contribution in [2.24, 2.45) is 5.73 Å². The van der Waals surface area contributed by atoms with Crippen LogP contribution >= 0.6 is 0 Å². The molecule has 1 atom stereocenters. The van der Waals surface area contributed by atoms with Crippen LogP contribution in [0.3, 0.4) is 0 Å². The maximum absolute atomic E-state index is 5.71. The van der Waals surface area contributed by atoms with Crippen molar-refractivity contribution >= 4 is 0 Å². The first-order chi connectivity index (χ1) is 7.75. The minimum absolute atomic E-state index is 0.0605. The Kier molecular flexibility index (Phi) is 3.26. The quantitative estimate of drug-likeness (QED) is 0.827.